The highest BCUT2D eigenvalue weighted by Crippen LogP contribution is 2.31. The fourth-order valence-corrected chi connectivity index (χ4v) is 2.27. The molecular weight excluding hydrogens is 351 g/mol. The number of rotatable bonds is 5. The maximum Gasteiger partial charge on any atom is 0.433 e. The van der Waals surface area contributed by atoms with Crippen molar-refractivity contribution >= 4 is 11.7 Å². The van der Waals surface area contributed by atoms with Gasteiger partial charge < -0.3 is 9.73 Å². The number of halogens is 3. The van der Waals surface area contributed by atoms with Crippen LogP contribution in [0.4, 0.5) is 13.2 Å². The Morgan fingerprint density at radius 3 is 2.73 bits per heavy atom. The number of fused-ring (bicyclic) bond motifs is 1. The van der Waals surface area contributed by atoms with Gasteiger partial charge in [-0.2, -0.15) is 22.7 Å². The number of carbonyl (C=O) groups excluding carboxylic acids is 1. The molecule has 0 spiro atoms. The number of amides is 1. The summed E-state index contributed by atoms with van der Waals surface area (Å²) >= 11 is 0. The third-order valence-electron chi connectivity index (χ3n) is 3.59. The average molecular weight is 367 g/mol. The molecule has 3 rings (SSSR count). The van der Waals surface area contributed by atoms with Crippen LogP contribution in [0.3, 0.4) is 0 Å². The quantitative estimate of drug-likeness (QED) is 0.749. The first-order chi connectivity index (χ1) is 12.3. The number of nitrogens with zero attached hydrogens (tertiary/aromatic N) is 4. The van der Waals surface area contributed by atoms with Gasteiger partial charge in [0, 0.05) is 6.54 Å². The largest absolute Gasteiger partial charge is 0.463 e. The predicted molar refractivity (Wildman–Crippen MR) is 85.3 cm³/mol. The standard InChI is InChI=1S/C16H16F3N5O2/c1-9(2)5-6-20-14(25)13-22-15-21-10(11-4-3-7-26-11)8-12(16(17,18)19)24(15)23-13/h3-4,7-9H,5-6H2,1-2H3,(H,20,25). The highest BCUT2D eigenvalue weighted by molar-refractivity contribution is 5.90. The topological polar surface area (TPSA) is 85.3 Å². The first kappa shape index (κ1) is 17.9. The van der Waals surface area contributed by atoms with E-state index in [-0.39, 0.29) is 23.1 Å². The van der Waals surface area contributed by atoms with Gasteiger partial charge in [-0.15, -0.1) is 5.10 Å². The molecule has 7 nitrogen and oxygen atoms in total. The summed E-state index contributed by atoms with van der Waals surface area (Å²) in [5.41, 5.74) is -1.14. The van der Waals surface area contributed by atoms with Crippen molar-refractivity contribution in [2.45, 2.75) is 26.4 Å². The van der Waals surface area contributed by atoms with Crippen LogP contribution in [0, 0.1) is 5.92 Å². The van der Waals surface area contributed by atoms with Crippen molar-refractivity contribution in [2.75, 3.05) is 6.54 Å². The SMILES string of the molecule is CC(C)CCNC(=O)c1nc2nc(-c3ccco3)cc(C(F)(F)F)n2n1. The van der Waals surface area contributed by atoms with Crippen molar-refractivity contribution in [2.24, 2.45) is 5.92 Å². The van der Waals surface area contributed by atoms with Gasteiger partial charge in [-0.05, 0) is 30.5 Å². The molecule has 0 aliphatic rings. The second kappa shape index (κ2) is 6.77. The molecule has 0 atom stereocenters. The van der Waals surface area contributed by atoms with Crippen molar-refractivity contribution in [3.05, 3.63) is 36.0 Å². The van der Waals surface area contributed by atoms with Gasteiger partial charge in [0.1, 0.15) is 5.69 Å². The molecule has 0 saturated carbocycles. The van der Waals surface area contributed by atoms with E-state index < -0.39 is 17.8 Å². The second-order valence-corrected chi connectivity index (χ2v) is 6.09. The van der Waals surface area contributed by atoms with Crippen LogP contribution in [-0.2, 0) is 6.18 Å². The number of nitrogens with one attached hydrogen (secondary N) is 1. The smallest absolute Gasteiger partial charge is 0.433 e. The van der Waals surface area contributed by atoms with Gasteiger partial charge in [-0.3, -0.25) is 4.79 Å². The highest BCUT2D eigenvalue weighted by Gasteiger charge is 2.36. The Bertz CT molecular complexity index is 916. The molecule has 3 aromatic rings. The monoisotopic (exact) mass is 367 g/mol. The molecule has 0 aliphatic heterocycles. The lowest BCUT2D eigenvalue weighted by molar-refractivity contribution is -0.142. The lowest BCUT2D eigenvalue weighted by Crippen LogP contribution is -2.26. The van der Waals surface area contributed by atoms with E-state index in [9.17, 15) is 18.0 Å². The van der Waals surface area contributed by atoms with Crippen LogP contribution in [0.2, 0.25) is 0 Å². The third kappa shape index (κ3) is 3.68. The maximum absolute atomic E-state index is 13.4. The predicted octanol–water partition coefficient (Wildman–Crippen LogP) is 3.18. The highest BCUT2D eigenvalue weighted by atomic mass is 19.4. The summed E-state index contributed by atoms with van der Waals surface area (Å²) in [6.07, 6.45) is -2.65. The van der Waals surface area contributed by atoms with E-state index in [0.29, 0.717) is 17.0 Å². The summed E-state index contributed by atoms with van der Waals surface area (Å²) in [5, 5.41) is 6.27. The first-order valence-corrected chi connectivity index (χ1v) is 7.93. The Labute approximate surface area is 146 Å². The van der Waals surface area contributed by atoms with Crippen LogP contribution in [-0.4, -0.2) is 32.0 Å². The van der Waals surface area contributed by atoms with E-state index >= 15 is 0 Å². The minimum absolute atomic E-state index is 0.0472. The van der Waals surface area contributed by atoms with Crippen LogP contribution >= 0.6 is 0 Å². The van der Waals surface area contributed by atoms with E-state index in [1.807, 2.05) is 13.8 Å². The molecule has 10 heteroatoms. The Morgan fingerprint density at radius 1 is 1.35 bits per heavy atom. The molecule has 3 heterocycles. The fraction of sp³-hybridized carbons (Fsp3) is 0.375. The zero-order valence-electron chi connectivity index (χ0n) is 14.0. The van der Waals surface area contributed by atoms with Crippen molar-refractivity contribution in [3.8, 4) is 11.5 Å². The molecule has 0 aliphatic carbocycles. The van der Waals surface area contributed by atoms with E-state index in [1.54, 1.807) is 0 Å². The van der Waals surface area contributed by atoms with E-state index in [0.717, 1.165) is 12.5 Å². The van der Waals surface area contributed by atoms with E-state index in [4.69, 9.17) is 4.42 Å². The summed E-state index contributed by atoms with van der Waals surface area (Å²) < 4.78 is 45.8. The van der Waals surface area contributed by atoms with Crippen LogP contribution in [0.5, 0.6) is 0 Å². The third-order valence-corrected chi connectivity index (χ3v) is 3.59. The van der Waals surface area contributed by atoms with Crippen molar-refractivity contribution in [1.82, 2.24) is 24.9 Å². The van der Waals surface area contributed by atoms with Crippen LogP contribution in [0.25, 0.3) is 17.2 Å². The van der Waals surface area contributed by atoms with E-state index in [1.165, 1.54) is 18.4 Å². The minimum Gasteiger partial charge on any atom is -0.463 e. The fourth-order valence-electron chi connectivity index (χ4n) is 2.27. The molecule has 0 radical (unpaired) electrons. The lowest BCUT2D eigenvalue weighted by Gasteiger charge is -2.09. The molecule has 3 aromatic heterocycles. The Hall–Kier alpha value is -2.91. The number of alkyl halides is 3. The molecule has 0 saturated heterocycles. The zero-order valence-corrected chi connectivity index (χ0v) is 14.0. The Kier molecular flexibility index (Phi) is 4.66. The first-order valence-electron chi connectivity index (χ1n) is 7.93. The maximum atomic E-state index is 13.4. The zero-order chi connectivity index (χ0) is 18.9. The van der Waals surface area contributed by atoms with Crippen LogP contribution in [0.15, 0.2) is 28.9 Å². The van der Waals surface area contributed by atoms with E-state index in [2.05, 4.69) is 20.4 Å². The van der Waals surface area contributed by atoms with Gasteiger partial charge in [0.25, 0.3) is 11.7 Å². The molecule has 26 heavy (non-hydrogen) atoms. The van der Waals surface area contributed by atoms with Crippen LogP contribution in [0.1, 0.15) is 36.6 Å². The number of carbonyl (C=O) groups is 1. The van der Waals surface area contributed by atoms with Gasteiger partial charge >= 0.3 is 6.18 Å². The number of aromatic nitrogens is 4. The number of furan rings is 1. The summed E-state index contributed by atoms with van der Waals surface area (Å²) in [6, 6.07) is 3.82. The van der Waals surface area contributed by atoms with Gasteiger partial charge in [0.2, 0.25) is 5.82 Å². The Morgan fingerprint density at radius 2 is 2.12 bits per heavy atom. The summed E-state index contributed by atoms with van der Waals surface area (Å²) in [7, 11) is 0. The number of hydrogen-bond acceptors (Lipinski definition) is 5. The normalized spacial score (nSPS) is 12.1. The van der Waals surface area contributed by atoms with Gasteiger partial charge in [-0.1, -0.05) is 13.8 Å². The molecule has 0 fully saturated rings. The van der Waals surface area contributed by atoms with Crippen molar-refractivity contribution in [1.29, 1.82) is 0 Å². The molecule has 0 bridgehead atoms. The molecule has 1 N–H and O–H groups in total. The average Bonchev–Trinajstić information content (AvgIpc) is 3.21. The Balaban J connectivity index is 2.00. The van der Waals surface area contributed by atoms with Crippen molar-refractivity contribution < 1.29 is 22.4 Å². The summed E-state index contributed by atoms with van der Waals surface area (Å²) in [5.74, 6) is -0.824. The second-order valence-electron chi connectivity index (χ2n) is 6.09. The molecule has 1 amide bonds. The summed E-state index contributed by atoms with van der Waals surface area (Å²) in [6.45, 7) is 4.36. The molecule has 0 aromatic carbocycles. The number of hydrogen-bond donors (Lipinski definition) is 1. The lowest BCUT2D eigenvalue weighted by atomic mass is 10.1. The summed E-state index contributed by atoms with van der Waals surface area (Å²) in [4.78, 5) is 20.0. The van der Waals surface area contributed by atoms with Gasteiger partial charge in [0.15, 0.2) is 11.5 Å². The van der Waals surface area contributed by atoms with Crippen LogP contribution < -0.4 is 5.32 Å². The minimum atomic E-state index is -4.71. The van der Waals surface area contributed by atoms with Gasteiger partial charge in [-0.25, -0.2) is 4.98 Å². The van der Waals surface area contributed by atoms with Crippen molar-refractivity contribution in [3.63, 3.8) is 0 Å². The molecule has 138 valence electrons. The molecule has 0 unspecified atom stereocenters. The molecular formula is C16H16F3N5O2. The van der Waals surface area contributed by atoms with Gasteiger partial charge in [0.05, 0.1) is 6.26 Å².